The Morgan fingerprint density at radius 2 is 1.74 bits per heavy atom. The Morgan fingerprint density at radius 3 is 2.04 bits per heavy atom. The number of benzene rings is 1. The van der Waals surface area contributed by atoms with Crippen LogP contribution in [-0.2, 0) is 16.3 Å². The zero-order valence-electron chi connectivity index (χ0n) is 11.9. The number of hydrogen-bond acceptors (Lipinski definition) is 5. The second-order valence-corrected chi connectivity index (χ2v) is 5.66. The summed E-state index contributed by atoms with van der Waals surface area (Å²) >= 11 is 0. The molecule has 0 fully saturated rings. The molecule has 6 nitrogen and oxygen atoms in total. The molecule has 2 aromatic rings. The monoisotopic (exact) mass is 349 g/mol. The molecule has 10 heteroatoms. The van der Waals surface area contributed by atoms with E-state index in [-0.39, 0.29) is 5.56 Å². The summed E-state index contributed by atoms with van der Waals surface area (Å²) in [7, 11) is -4.79. The van der Waals surface area contributed by atoms with Crippen LogP contribution in [0.4, 0.5) is 18.9 Å². The molecule has 0 aliphatic carbocycles. The molecule has 0 saturated carbocycles. The Bertz CT molecular complexity index is 724. The van der Waals surface area contributed by atoms with Crippen molar-refractivity contribution in [3.8, 4) is 0 Å². The topological polar surface area (TPSA) is 105 Å². The summed E-state index contributed by atoms with van der Waals surface area (Å²) in [5, 5.41) is 0. The molecule has 1 heterocycles. The van der Waals surface area contributed by atoms with Gasteiger partial charge in [-0.2, -0.15) is 21.6 Å². The number of aromatic nitrogens is 1. The number of nitrogens with zero attached hydrogens (tertiary/aromatic N) is 1. The maximum atomic E-state index is 12.7. The maximum Gasteiger partial charge on any atom is 0.418 e. The molecule has 0 aliphatic heterocycles. The molecule has 0 aliphatic rings. The van der Waals surface area contributed by atoms with Crippen LogP contribution in [0.25, 0.3) is 0 Å². The van der Waals surface area contributed by atoms with E-state index in [4.69, 9.17) is 10.4 Å². The average Bonchev–Trinajstić information content (AvgIpc) is 2.46. The lowest BCUT2D eigenvalue weighted by Gasteiger charge is -2.17. The van der Waals surface area contributed by atoms with Gasteiger partial charge in [-0.1, -0.05) is 12.1 Å². The fraction of sp³-hybridized carbons (Fsp3) is 0.154. The quantitative estimate of drug-likeness (QED) is 0.437. The highest BCUT2D eigenvalue weighted by molar-refractivity contribution is 7.86. The fourth-order valence-electron chi connectivity index (χ4n) is 1.72. The van der Waals surface area contributed by atoms with Crippen LogP contribution >= 0.6 is 0 Å². The van der Waals surface area contributed by atoms with Gasteiger partial charge in [0.05, 0.1) is 11.3 Å². The summed E-state index contributed by atoms with van der Waals surface area (Å²) in [6, 6.07) is 7.49. The first-order chi connectivity index (χ1) is 10.6. The molecule has 1 aromatic carbocycles. The zero-order valence-corrected chi connectivity index (χ0v) is 12.7. The van der Waals surface area contributed by atoms with Crippen molar-refractivity contribution in [2.75, 3.05) is 5.43 Å². The Labute approximate surface area is 130 Å². The summed E-state index contributed by atoms with van der Waals surface area (Å²) in [6.45, 7) is 1.15. The molecule has 0 amide bonds. The molecule has 0 saturated heterocycles. The van der Waals surface area contributed by atoms with Crippen molar-refractivity contribution < 1.29 is 26.1 Å². The minimum atomic E-state index is -4.79. The number of halogens is 3. The van der Waals surface area contributed by atoms with Gasteiger partial charge in [0.2, 0.25) is 0 Å². The van der Waals surface area contributed by atoms with Gasteiger partial charge in [-0.25, -0.2) is 0 Å². The van der Waals surface area contributed by atoms with Crippen LogP contribution in [0.1, 0.15) is 11.1 Å². The van der Waals surface area contributed by atoms with E-state index in [9.17, 15) is 21.6 Å². The number of hydrogen-bond donors (Lipinski definition) is 3. The van der Waals surface area contributed by atoms with Gasteiger partial charge in [0.1, 0.15) is 4.90 Å². The third-order valence-corrected chi connectivity index (χ3v) is 3.54. The Hall–Kier alpha value is -2.17. The Kier molecular flexibility index (Phi) is 6.07. The van der Waals surface area contributed by atoms with Crippen molar-refractivity contribution in [1.82, 2.24) is 4.98 Å². The first-order valence-corrected chi connectivity index (χ1v) is 7.53. The van der Waals surface area contributed by atoms with Gasteiger partial charge >= 0.3 is 6.18 Å². The van der Waals surface area contributed by atoms with Crippen LogP contribution < -0.4 is 11.3 Å². The lowest BCUT2D eigenvalue weighted by Crippen LogP contribution is -2.19. The molecule has 23 heavy (non-hydrogen) atoms. The van der Waals surface area contributed by atoms with Gasteiger partial charge in [-0.3, -0.25) is 15.4 Å². The van der Waals surface area contributed by atoms with Gasteiger partial charge in [-0.05, 0) is 30.7 Å². The van der Waals surface area contributed by atoms with Gasteiger partial charge in [0, 0.05) is 12.4 Å². The number of nitrogens with one attached hydrogen (secondary N) is 1. The maximum absolute atomic E-state index is 12.7. The molecular formula is C13H14F3N3O3S. The normalized spacial score (nSPS) is 11.4. The Balaban J connectivity index is 0.000000366. The molecule has 0 bridgehead atoms. The first kappa shape index (κ1) is 18.9. The third kappa shape index (κ3) is 5.20. The summed E-state index contributed by atoms with van der Waals surface area (Å²) in [5.74, 6) is 4.89. The van der Waals surface area contributed by atoms with Gasteiger partial charge < -0.3 is 5.43 Å². The molecule has 126 valence electrons. The highest BCUT2D eigenvalue weighted by Gasteiger charge is 2.37. The van der Waals surface area contributed by atoms with E-state index in [0.29, 0.717) is 0 Å². The van der Waals surface area contributed by atoms with E-state index in [1.807, 2.05) is 18.2 Å². The van der Waals surface area contributed by atoms with Crippen LogP contribution in [0, 0.1) is 6.92 Å². The van der Waals surface area contributed by atoms with Crippen molar-refractivity contribution in [3.63, 3.8) is 0 Å². The molecule has 2 rings (SSSR count). The number of hydrazine groups is 1. The SMILES string of the molecule is Cc1ccc(S(=O)(=O)O)c(NN)c1C(F)(F)F.c1ccncc1. The molecule has 0 unspecified atom stereocenters. The highest BCUT2D eigenvalue weighted by atomic mass is 32.2. The molecule has 1 aromatic heterocycles. The summed E-state index contributed by atoms with van der Waals surface area (Å²) in [6.07, 6.45) is -1.29. The second-order valence-electron chi connectivity index (χ2n) is 4.27. The summed E-state index contributed by atoms with van der Waals surface area (Å²) < 4.78 is 68.7. The van der Waals surface area contributed by atoms with Crippen molar-refractivity contribution in [3.05, 3.63) is 53.9 Å². The second kappa shape index (κ2) is 7.40. The molecule has 0 radical (unpaired) electrons. The molecule has 4 N–H and O–H groups in total. The van der Waals surface area contributed by atoms with Crippen LogP contribution in [0.3, 0.4) is 0 Å². The minimum Gasteiger partial charge on any atom is -0.322 e. The minimum absolute atomic E-state index is 0.210. The molecular weight excluding hydrogens is 335 g/mol. The van der Waals surface area contributed by atoms with E-state index in [2.05, 4.69) is 4.98 Å². The van der Waals surface area contributed by atoms with E-state index in [0.717, 1.165) is 19.1 Å². The van der Waals surface area contributed by atoms with Crippen molar-refractivity contribution in [2.24, 2.45) is 5.84 Å². The number of nitrogens with two attached hydrogens (primary N) is 1. The number of rotatable bonds is 2. The molecule has 0 spiro atoms. The first-order valence-electron chi connectivity index (χ1n) is 6.09. The largest absolute Gasteiger partial charge is 0.418 e. The highest BCUT2D eigenvalue weighted by Crippen LogP contribution is 2.39. The predicted octanol–water partition coefficient (Wildman–Crippen LogP) is 2.63. The fourth-order valence-corrected chi connectivity index (χ4v) is 2.38. The van der Waals surface area contributed by atoms with Crippen LogP contribution in [-0.4, -0.2) is 18.0 Å². The number of aryl methyl sites for hydroxylation is 1. The van der Waals surface area contributed by atoms with E-state index < -0.39 is 32.4 Å². The summed E-state index contributed by atoms with van der Waals surface area (Å²) in [5.41, 5.74) is -0.653. The van der Waals surface area contributed by atoms with E-state index >= 15 is 0 Å². The lowest BCUT2D eigenvalue weighted by atomic mass is 10.1. The van der Waals surface area contributed by atoms with Crippen LogP contribution in [0.5, 0.6) is 0 Å². The van der Waals surface area contributed by atoms with Crippen molar-refractivity contribution >= 4 is 15.8 Å². The average molecular weight is 349 g/mol. The third-order valence-electron chi connectivity index (χ3n) is 2.65. The van der Waals surface area contributed by atoms with Gasteiger partial charge in [0.15, 0.2) is 0 Å². The van der Waals surface area contributed by atoms with Crippen molar-refractivity contribution in [2.45, 2.75) is 18.0 Å². The number of nitrogen functional groups attached to an aromatic ring is 1. The smallest absolute Gasteiger partial charge is 0.322 e. The number of pyridine rings is 1. The van der Waals surface area contributed by atoms with Gasteiger partial charge in [0.25, 0.3) is 10.1 Å². The number of anilines is 1. The standard InChI is InChI=1S/C8H9F3N2O3S.C5H5N/c1-4-2-3-5(17(14,15)16)7(13-12)6(4)8(9,10)11;1-2-4-6-5-3-1/h2-3,13H,12H2,1H3,(H,14,15,16);1-5H. The van der Waals surface area contributed by atoms with E-state index in [1.165, 1.54) is 0 Å². The van der Waals surface area contributed by atoms with E-state index in [1.54, 1.807) is 17.8 Å². The number of alkyl halides is 3. The molecule has 0 atom stereocenters. The predicted molar refractivity (Wildman–Crippen MR) is 78.0 cm³/mol. The van der Waals surface area contributed by atoms with Crippen LogP contribution in [0.2, 0.25) is 0 Å². The summed E-state index contributed by atoms with van der Waals surface area (Å²) in [4.78, 5) is 2.87. The zero-order chi connectivity index (χ0) is 17.7. The van der Waals surface area contributed by atoms with Crippen molar-refractivity contribution in [1.29, 1.82) is 0 Å². The van der Waals surface area contributed by atoms with Crippen LogP contribution in [0.15, 0.2) is 47.6 Å². The lowest BCUT2D eigenvalue weighted by molar-refractivity contribution is -0.137. The Morgan fingerprint density at radius 1 is 1.17 bits per heavy atom. The van der Waals surface area contributed by atoms with Gasteiger partial charge in [-0.15, -0.1) is 0 Å².